The van der Waals surface area contributed by atoms with Gasteiger partial charge in [0.2, 0.25) is 5.91 Å². The van der Waals surface area contributed by atoms with Crippen molar-refractivity contribution >= 4 is 17.8 Å². The monoisotopic (exact) mass is 758 g/mol. The van der Waals surface area contributed by atoms with Gasteiger partial charge in [-0.05, 0) is 77.0 Å². The molecule has 0 radical (unpaired) electrons. The summed E-state index contributed by atoms with van der Waals surface area (Å²) in [5, 5.41) is 11.1. The van der Waals surface area contributed by atoms with Crippen molar-refractivity contribution in [3.05, 3.63) is 36.5 Å². The normalized spacial score (nSPS) is 12.3. The predicted molar refractivity (Wildman–Crippen MR) is 231 cm³/mol. The average Bonchev–Trinajstić information content (AvgIpc) is 3.16. The first-order valence-electron chi connectivity index (χ1n) is 23.1. The summed E-state index contributed by atoms with van der Waals surface area (Å²) in [6.45, 7) is 4.22. The molecule has 0 aromatic rings. The minimum atomic E-state index is -1.02. The van der Waals surface area contributed by atoms with Gasteiger partial charge in [-0.1, -0.05) is 185 Å². The molecule has 1 unspecified atom stereocenters. The lowest BCUT2D eigenvalue weighted by Gasteiger charge is -2.18. The molecular formula is C48H87NO5. The van der Waals surface area contributed by atoms with E-state index in [1.165, 1.54) is 128 Å². The van der Waals surface area contributed by atoms with Gasteiger partial charge < -0.3 is 15.2 Å². The van der Waals surface area contributed by atoms with Gasteiger partial charge in [-0.15, -0.1) is 0 Å². The fourth-order valence-electron chi connectivity index (χ4n) is 6.88. The van der Waals surface area contributed by atoms with Crippen LogP contribution in [-0.4, -0.2) is 35.6 Å². The molecule has 0 saturated carbocycles. The number of carboxylic acid groups (broad SMARTS) is 1. The minimum absolute atomic E-state index is 0.0214. The van der Waals surface area contributed by atoms with Gasteiger partial charge in [-0.25, -0.2) is 0 Å². The lowest BCUT2D eigenvalue weighted by molar-refractivity contribution is -0.150. The summed E-state index contributed by atoms with van der Waals surface area (Å²) in [5.74, 6) is -1.23. The number of carboxylic acids is 1. The number of allylic oxidation sites excluding steroid dienone is 6. The number of hydrogen-bond acceptors (Lipinski definition) is 4. The Bertz CT molecular complexity index is 926. The van der Waals surface area contributed by atoms with Gasteiger partial charge in [0, 0.05) is 12.8 Å². The van der Waals surface area contributed by atoms with Gasteiger partial charge in [-0.2, -0.15) is 0 Å². The van der Waals surface area contributed by atoms with Crippen molar-refractivity contribution in [3.63, 3.8) is 0 Å². The van der Waals surface area contributed by atoms with E-state index in [9.17, 15) is 14.4 Å². The molecule has 1 atom stereocenters. The van der Waals surface area contributed by atoms with Gasteiger partial charge in [0.15, 0.2) is 0 Å². The lowest BCUT2D eigenvalue weighted by atomic mass is 10.0. The standard InChI is InChI=1S/C48H87NO5/c1-3-5-7-9-11-13-15-16-17-18-19-20-21-22-23-24-26-28-30-35-39-43-48(53)54-45(40-36-32-29-27-25-14-12-10-8-6-4-2)41-37-33-31-34-38-42-46(50)49-44-47(51)52/h15-16,18-19,21-22,45H,3-14,17,20,23-44H2,1-2H3,(H,49,50)(H,51,52)/b16-15-,19-18-,22-21-. The fraction of sp³-hybridized carbons (Fsp3) is 0.812. The first-order chi connectivity index (χ1) is 26.5. The Morgan fingerprint density at radius 3 is 1.30 bits per heavy atom. The summed E-state index contributed by atoms with van der Waals surface area (Å²) in [6.07, 6.45) is 54.1. The minimum Gasteiger partial charge on any atom is -0.480 e. The van der Waals surface area contributed by atoms with E-state index in [-0.39, 0.29) is 24.5 Å². The highest BCUT2D eigenvalue weighted by atomic mass is 16.5. The second kappa shape index (κ2) is 43.4. The summed E-state index contributed by atoms with van der Waals surface area (Å²) >= 11 is 0. The van der Waals surface area contributed by atoms with Crippen LogP contribution in [0.1, 0.15) is 239 Å². The zero-order valence-corrected chi connectivity index (χ0v) is 35.6. The van der Waals surface area contributed by atoms with Crippen LogP contribution >= 0.6 is 0 Å². The molecule has 2 N–H and O–H groups in total. The Kier molecular flexibility index (Phi) is 41.5. The quantitative estimate of drug-likeness (QED) is 0.0367. The number of carbonyl (C=O) groups excluding carboxylic acids is 2. The number of amides is 1. The molecule has 0 aliphatic rings. The number of hydrogen-bond donors (Lipinski definition) is 2. The number of ether oxygens (including phenoxy) is 1. The van der Waals surface area contributed by atoms with E-state index in [4.69, 9.17) is 9.84 Å². The highest BCUT2D eigenvalue weighted by Gasteiger charge is 2.14. The van der Waals surface area contributed by atoms with Gasteiger partial charge in [-0.3, -0.25) is 14.4 Å². The second-order valence-electron chi connectivity index (χ2n) is 15.7. The summed E-state index contributed by atoms with van der Waals surface area (Å²) < 4.78 is 6.04. The van der Waals surface area contributed by atoms with Gasteiger partial charge in [0.1, 0.15) is 12.6 Å². The SMILES string of the molecule is CCCCCCC/C=C\C/C=C\C/C=C\CCCCCCCCC(=O)OC(CCCCCCCCCCCCC)CCCCCCCC(=O)NCC(=O)O. The van der Waals surface area contributed by atoms with Crippen molar-refractivity contribution in [3.8, 4) is 0 Å². The van der Waals surface area contributed by atoms with E-state index in [2.05, 4.69) is 55.6 Å². The van der Waals surface area contributed by atoms with Crippen LogP contribution < -0.4 is 5.32 Å². The zero-order valence-electron chi connectivity index (χ0n) is 35.6. The molecule has 0 heterocycles. The average molecular weight is 758 g/mol. The van der Waals surface area contributed by atoms with Crippen LogP contribution in [0, 0.1) is 0 Å². The molecule has 0 spiro atoms. The Hall–Kier alpha value is -2.37. The van der Waals surface area contributed by atoms with E-state index in [0.29, 0.717) is 12.8 Å². The van der Waals surface area contributed by atoms with Crippen LogP contribution in [0.25, 0.3) is 0 Å². The number of aliphatic carboxylic acids is 1. The Morgan fingerprint density at radius 2 is 0.852 bits per heavy atom. The third kappa shape index (κ3) is 42.4. The van der Waals surface area contributed by atoms with Gasteiger partial charge in [0.25, 0.3) is 0 Å². The van der Waals surface area contributed by atoms with Crippen molar-refractivity contribution < 1.29 is 24.2 Å². The molecule has 0 aromatic carbocycles. The van der Waals surface area contributed by atoms with Gasteiger partial charge in [0.05, 0.1) is 0 Å². The van der Waals surface area contributed by atoms with Crippen LogP contribution in [-0.2, 0) is 19.1 Å². The Labute approximate surface area is 334 Å². The predicted octanol–water partition coefficient (Wildman–Crippen LogP) is 14.5. The topological polar surface area (TPSA) is 92.7 Å². The van der Waals surface area contributed by atoms with E-state index in [1.54, 1.807) is 0 Å². The first-order valence-corrected chi connectivity index (χ1v) is 23.1. The van der Waals surface area contributed by atoms with Crippen molar-refractivity contribution in [2.45, 2.75) is 245 Å². The van der Waals surface area contributed by atoms with E-state index < -0.39 is 5.97 Å². The molecule has 0 fully saturated rings. The molecule has 0 bridgehead atoms. The van der Waals surface area contributed by atoms with Gasteiger partial charge >= 0.3 is 11.9 Å². The maximum atomic E-state index is 12.8. The smallest absolute Gasteiger partial charge is 0.322 e. The van der Waals surface area contributed by atoms with Crippen molar-refractivity contribution in [2.75, 3.05) is 6.54 Å². The zero-order chi connectivity index (χ0) is 39.4. The molecule has 54 heavy (non-hydrogen) atoms. The van der Waals surface area contributed by atoms with Crippen LogP contribution in [0.3, 0.4) is 0 Å². The summed E-state index contributed by atoms with van der Waals surface area (Å²) in [5.41, 5.74) is 0. The molecule has 6 heteroatoms. The molecular weight excluding hydrogens is 671 g/mol. The highest BCUT2D eigenvalue weighted by molar-refractivity contribution is 5.80. The van der Waals surface area contributed by atoms with Crippen molar-refractivity contribution in [2.24, 2.45) is 0 Å². The number of nitrogens with one attached hydrogen (secondary N) is 1. The molecule has 314 valence electrons. The van der Waals surface area contributed by atoms with Crippen LogP contribution in [0.4, 0.5) is 0 Å². The Balaban J connectivity index is 4.10. The fourth-order valence-corrected chi connectivity index (χ4v) is 6.88. The second-order valence-corrected chi connectivity index (χ2v) is 15.7. The van der Waals surface area contributed by atoms with Crippen LogP contribution in [0.5, 0.6) is 0 Å². The molecule has 0 aliphatic carbocycles. The van der Waals surface area contributed by atoms with Crippen LogP contribution in [0.15, 0.2) is 36.5 Å². The molecule has 0 saturated heterocycles. The maximum absolute atomic E-state index is 12.8. The molecule has 0 aliphatic heterocycles. The summed E-state index contributed by atoms with van der Waals surface area (Å²) in [4.78, 5) is 35.1. The largest absolute Gasteiger partial charge is 0.480 e. The van der Waals surface area contributed by atoms with Crippen molar-refractivity contribution in [1.29, 1.82) is 0 Å². The third-order valence-corrected chi connectivity index (χ3v) is 10.3. The third-order valence-electron chi connectivity index (χ3n) is 10.3. The highest BCUT2D eigenvalue weighted by Crippen LogP contribution is 2.19. The lowest BCUT2D eigenvalue weighted by Crippen LogP contribution is -2.28. The molecule has 1 amide bonds. The maximum Gasteiger partial charge on any atom is 0.322 e. The summed E-state index contributed by atoms with van der Waals surface area (Å²) in [7, 11) is 0. The van der Waals surface area contributed by atoms with Crippen LogP contribution in [0.2, 0.25) is 0 Å². The van der Waals surface area contributed by atoms with Crippen molar-refractivity contribution in [1.82, 2.24) is 5.32 Å². The summed E-state index contributed by atoms with van der Waals surface area (Å²) in [6, 6.07) is 0. The molecule has 6 nitrogen and oxygen atoms in total. The number of esters is 1. The van der Waals surface area contributed by atoms with E-state index in [1.807, 2.05) is 0 Å². The number of unbranched alkanes of at least 4 members (excludes halogenated alkanes) is 25. The van der Waals surface area contributed by atoms with E-state index in [0.717, 1.165) is 83.5 Å². The number of rotatable bonds is 42. The van der Waals surface area contributed by atoms with E-state index >= 15 is 0 Å². The number of carbonyl (C=O) groups is 3. The first kappa shape index (κ1) is 51.6. The Morgan fingerprint density at radius 1 is 0.481 bits per heavy atom. The molecule has 0 aromatic heterocycles. The molecule has 0 rings (SSSR count).